The van der Waals surface area contributed by atoms with Crippen LogP contribution in [0.5, 0.6) is 0 Å². The summed E-state index contributed by atoms with van der Waals surface area (Å²) in [5.41, 5.74) is 3.33. The molecule has 4 aliphatic rings. The molecule has 7 atom stereocenters. The summed E-state index contributed by atoms with van der Waals surface area (Å²) in [5.74, 6) is 1.67. The Morgan fingerprint density at radius 1 is 1.13 bits per heavy atom. The molecular formula is C27H34O3. The predicted octanol–water partition coefficient (Wildman–Crippen LogP) is 5.70. The second-order valence-electron chi connectivity index (χ2n) is 10.7. The molecule has 1 aromatic rings. The van der Waals surface area contributed by atoms with Gasteiger partial charge in [-0.3, -0.25) is 0 Å². The number of aliphatic hydroxyl groups is 1. The summed E-state index contributed by atoms with van der Waals surface area (Å²) in [7, 11) is 0. The quantitative estimate of drug-likeness (QED) is 0.506. The first-order valence-electron chi connectivity index (χ1n) is 11.6. The summed E-state index contributed by atoms with van der Waals surface area (Å²) in [6, 6.07) is 9.24. The van der Waals surface area contributed by atoms with Crippen LogP contribution in [0.4, 0.5) is 0 Å². The van der Waals surface area contributed by atoms with Crippen LogP contribution in [0.15, 0.2) is 54.1 Å². The number of rotatable bonds is 2. The topological polar surface area (TPSA) is 46.5 Å². The highest BCUT2D eigenvalue weighted by molar-refractivity contribution is 5.89. The number of benzene rings is 1. The van der Waals surface area contributed by atoms with E-state index in [1.165, 1.54) is 12.0 Å². The average Bonchev–Trinajstić information content (AvgIpc) is 3.04. The molecule has 4 aliphatic carbocycles. The van der Waals surface area contributed by atoms with Crippen LogP contribution in [0.1, 0.15) is 69.2 Å². The Hall–Kier alpha value is -1.87. The first-order chi connectivity index (χ1) is 14.3. The highest BCUT2D eigenvalue weighted by Gasteiger charge is 2.58. The average molecular weight is 407 g/mol. The molecule has 0 radical (unpaired) electrons. The van der Waals surface area contributed by atoms with E-state index in [4.69, 9.17) is 4.74 Å². The standard InChI is InChI=1S/C27H34O3/c1-17-16-27(3)19(15-23(17)30-25(29)18-7-5-4-6-8-18)9-10-20-21-11-12-24(28)26(21,2)14-13-22(20)27/h4-9,20-24,28H,1,10-16H2,2-3H3/t20-,21-,22-,23+,24-,26-,27-/m0/s1. The van der Waals surface area contributed by atoms with Gasteiger partial charge in [0.15, 0.2) is 0 Å². The number of allylic oxidation sites excluding steroid dienone is 1. The Balaban J connectivity index is 1.37. The molecule has 0 heterocycles. The van der Waals surface area contributed by atoms with Gasteiger partial charge in [0.25, 0.3) is 0 Å². The molecular weight excluding hydrogens is 372 g/mol. The number of hydrogen-bond acceptors (Lipinski definition) is 3. The van der Waals surface area contributed by atoms with Gasteiger partial charge in [-0.1, -0.05) is 50.3 Å². The number of hydrogen-bond donors (Lipinski definition) is 1. The van der Waals surface area contributed by atoms with Gasteiger partial charge >= 0.3 is 5.97 Å². The van der Waals surface area contributed by atoms with Gasteiger partial charge in [0.05, 0.1) is 11.7 Å². The maximum absolute atomic E-state index is 12.6. The molecule has 3 fully saturated rings. The van der Waals surface area contributed by atoms with E-state index in [1.807, 2.05) is 18.2 Å². The van der Waals surface area contributed by atoms with Gasteiger partial charge in [-0.2, -0.15) is 0 Å². The molecule has 0 saturated heterocycles. The lowest BCUT2D eigenvalue weighted by Gasteiger charge is -2.58. The molecule has 1 N–H and O–H groups in total. The minimum absolute atomic E-state index is 0.0995. The van der Waals surface area contributed by atoms with Gasteiger partial charge in [0.1, 0.15) is 6.10 Å². The summed E-state index contributed by atoms with van der Waals surface area (Å²) >= 11 is 0. The van der Waals surface area contributed by atoms with E-state index in [2.05, 4.69) is 26.5 Å². The van der Waals surface area contributed by atoms with Crippen LogP contribution < -0.4 is 0 Å². The molecule has 0 amide bonds. The summed E-state index contributed by atoms with van der Waals surface area (Å²) in [4.78, 5) is 12.6. The lowest BCUT2D eigenvalue weighted by atomic mass is 9.47. The fraction of sp³-hybridized carbons (Fsp3) is 0.593. The van der Waals surface area contributed by atoms with Crippen LogP contribution >= 0.6 is 0 Å². The lowest BCUT2D eigenvalue weighted by molar-refractivity contribution is -0.0666. The van der Waals surface area contributed by atoms with E-state index < -0.39 is 0 Å². The minimum atomic E-state index is -0.256. The van der Waals surface area contributed by atoms with Crippen LogP contribution in [0, 0.1) is 28.6 Å². The number of carbonyl (C=O) groups is 1. The Morgan fingerprint density at radius 3 is 2.67 bits per heavy atom. The van der Waals surface area contributed by atoms with E-state index in [9.17, 15) is 9.90 Å². The molecule has 0 spiro atoms. The maximum Gasteiger partial charge on any atom is 0.338 e. The van der Waals surface area contributed by atoms with Crippen molar-refractivity contribution in [3.05, 3.63) is 59.7 Å². The van der Waals surface area contributed by atoms with Crippen molar-refractivity contribution in [2.75, 3.05) is 0 Å². The van der Waals surface area contributed by atoms with Crippen molar-refractivity contribution >= 4 is 5.97 Å². The third-order valence-corrected chi connectivity index (χ3v) is 9.29. The molecule has 5 rings (SSSR count). The molecule has 0 unspecified atom stereocenters. The lowest BCUT2D eigenvalue weighted by Crippen LogP contribution is -2.51. The molecule has 3 saturated carbocycles. The van der Waals surface area contributed by atoms with Crippen LogP contribution in [0.25, 0.3) is 0 Å². The smallest absolute Gasteiger partial charge is 0.338 e. The Labute approximate surface area is 180 Å². The van der Waals surface area contributed by atoms with Crippen molar-refractivity contribution in [1.82, 2.24) is 0 Å². The number of esters is 1. The summed E-state index contributed by atoms with van der Waals surface area (Å²) in [6.07, 6.45) is 9.31. The highest BCUT2D eigenvalue weighted by Crippen LogP contribution is 2.65. The van der Waals surface area contributed by atoms with E-state index in [1.54, 1.807) is 12.1 Å². The second-order valence-corrected chi connectivity index (χ2v) is 10.7. The van der Waals surface area contributed by atoms with Crippen LogP contribution in [-0.2, 0) is 4.74 Å². The van der Waals surface area contributed by atoms with Crippen molar-refractivity contribution < 1.29 is 14.6 Å². The van der Waals surface area contributed by atoms with Crippen LogP contribution in [0.2, 0.25) is 0 Å². The van der Waals surface area contributed by atoms with Gasteiger partial charge in [-0.25, -0.2) is 4.79 Å². The van der Waals surface area contributed by atoms with E-state index in [0.29, 0.717) is 23.3 Å². The van der Waals surface area contributed by atoms with Gasteiger partial charge in [-0.15, -0.1) is 0 Å². The third kappa shape index (κ3) is 2.92. The molecule has 0 bridgehead atoms. The van der Waals surface area contributed by atoms with Crippen molar-refractivity contribution in [3.63, 3.8) is 0 Å². The fourth-order valence-corrected chi connectivity index (χ4v) is 7.52. The molecule has 1 aromatic carbocycles. The third-order valence-electron chi connectivity index (χ3n) is 9.29. The van der Waals surface area contributed by atoms with Crippen molar-refractivity contribution in [3.8, 4) is 0 Å². The van der Waals surface area contributed by atoms with E-state index in [-0.39, 0.29) is 29.0 Å². The Bertz CT molecular complexity index is 887. The van der Waals surface area contributed by atoms with E-state index >= 15 is 0 Å². The summed E-state index contributed by atoms with van der Waals surface area (Å²) in [6.45, 7) is 9.11. The summed E-state index contributed by atoms with van der Waals surface area (Å²) in [5, 5.41) is 10.6. The minimum Gasteiger partial charge on any atom is -0.454 e. The van der Waals surface area contributed by atoms with Gasteiger partial charge < -0.3 is 9.84 Å². The number of carbonyl (C=O) groups excluding carboxylic acids is 1. The molecule has 0 aromatic heterocycles. The zero-order chi connectivity index (χ0) is 21.1. The van der Waals surface area contributed by atoms with Crippen molar-refractivity contribution in [1.29, 1.82) is 0 Å². The van der Waals surface area contributed by atoms with Gasteiger partial charge in [-0.05, 0) is 84.8 Å². The SMILES string of the molecule is C=C1C[C@@]2(C)C(=CC[C@H]3[C@@H]4CC[C@H](O)[C@@]4(C)CC[C@@H]32)C[C@H]1OC(=O)c1ccccc1. The van der Waals surface area contributed by atoms with Gasteiger partial charge in [0.2, 0.25) is 0 Å². The largest absolute Gasteiger partial charge is 0.454 e. The monoisotopic (exact) mass is 406 g/mol. The number of aliphatic hydroxyl groups excluding tert-OH is 1. The Kier molecular flexibility index (Phi) is 4.74. The van der Waals surface area contributed by atoms with Gasteiger partial charge in [0, 0.05) is 6.42 Å². The van der Waals surface area contributed by atoms with E-state index in [0.717, 1.165) is 44.1 Å². The first-order valence-corrected chi connectivity index (χ1v) is 11.6. The molecule has 3 heteroatoms. The highest BCUT2D eigenvalue weighted by atomic mass is 16.5. The normalized spacial score (nSPS) is 42.6. The van der Waals surface area contributed by atoms with Crippen LogP contribution in [0.3, 0.4) is 0 Å². The zero-order valence-corrected chi connectivity index (χ0v) is 18.3. The van der Waals surface area contributed by atoms with Crippen molar-refractivity contribution in [2.24, 2.45) is 28.6 Å². The number of fused-ring (bicyclic) bond motifs is 5. The van der Waals surface area contributed by atoms with Crippen molar-refractivity contribution in [2.45, 2.75) is 71.0 Å². The summed E-state index contributed by atoms with van der Waals surface area (Å²) < 4.78 is 5.91. The first kappa shape index (κ1) is 20.1. The molecule has 160 valence electrons. The molecule has 30 heavy (non-hydrogen) atoms. The predicted molar refractivity (Wildman–Crippen MR) is 118 cm³/mol. The molecule has 3 nitrogen and oxygen atoms in total. The fourth-order valence-electron chi connectivity index (χ4n) is 7.52. The molecule has 0 aliphatic heterocycles. The second kappa shape index (κ2) is 7.09. The van der Waals surface area contributed by atoms with Crippen LogP contribution in [-0.4, -0.2) is 23.3 Å². The Morgan fingerprint density at radius 2 is 1.90 bits per heavy atom. The number of ether oxygens (including phenoxy) is 1. The zero-order valence-electron chi connectivity index (χ0n) is 18.3. The maximum atomic E-state index is 12.6.